The summed E-state index contributed by atoms with van der Waals surface area (Å²) in [6.07, 6.45) is 0.914. The van der Waals surface area contributed by atoms with Crippen molar-refractivity contribution in [1.29, 1.82) is 0 Å². The van der Waals surface area contributed by atoms with E-state index in [9.17, 15) is 8.42 Å². The van der Waals surface area contributed by atoms with E-state index in [0.29, 0.717) is 5.39 Å². The van der Waals surface area contributed by atoms with E-state index in [1.807, 2.05) is 18.2 Å². The third-order valence-electron chi connectivity index (χ3n) is 2.21. The van der Waals surface area contributed by atoms with Crippen molar-refractivity contribution < 1.29 is 32.9 Å². The molecule has 0 unspecified atom stereocenters. The first-order chi connectivity index (χ1) is 7.65. The Kier molecular flexibility index (Phi) is 4.41. The summed E-state index contributed by atoms with van der Waals surface area (Å²) in [5.41, 5.74) is 0. The molecule has 0 fully saturated rings. The van der Waals surface area contributed by atoms with Crippen LogP contribution >= 0.6 is 0 Å². The molecule has 3 nitrogen and oxygen atoms in total. The minimum absolute atomic E-state index is 0. The summed E-state index contributed by atoms with van der Waals surface area (Å²) >= 11 is 0. The predicted molar refractivity (Wildman–Crippen MR) is 63.5 cm³/mol. The molecular weight excluding hydrogens is 231 g/mol. The van der Waals surface area contributed by atoms with Crippen LogP contribution in [0.15, 0.2) is 60.2 Å². The molecule has 17 heavy (non-hydrogen) atoms. The minimum Gasteiger partial charge on any atom is -1.00 e. The van der Waals surface area contributed by atoms with Crippen LogP contribution in [-0.2, 0) is 14.3 Å². The van der Waals surface area contributed by atoms with Gasteiger partial charge in [0.1, 0.15) is 4.90 Å². The van der Waals surface area contributed by atoms with Crippen LogP contribution in [0.2, 0.25) is 0 Å². The summed E-state index contributed by atoms with van der Waals surface area (Å²) in [4.78, 5) is 0.158. The zero-order valence-corrected chi connectivity index (χ0v) is 10.3. The number of benzene rings is 2. The predicted octanol–water partition coefficient (Wildman–Crippen LogP) is -0.195. The number of hydrogen-bond donors (Lipinski definition) is 0. The van der Waals surface area contributed by atoms with Gasteiger partial charge in [-0.1, -0.05) is 43.0 Å². The summed E-state index contributed by atoms with van der Waals surface area (Å²) in [6, 6.07) is 12.3. The van der Waals surface area contributed by atoms with Gasteiger partial charge in [0, 0.05) is 5.39 Å². The monoisotopic (exact) mass is 242 g/mol. The summed E-state index contributed by atoms with van der Waals surface area (Å²) in [5, 5.41) is 1.50. The maximum atomic E-state index is 11.8. The van der Waals surface area contributed by atoms with Crippen LogP contribution in [0.5, 0.6) is 0 Å². The summed E-state index contributed by atoms with van der Waals surface area (Å²) in [7, 11) is -3.75. The maximum absolute atomic E-state index is 11.8. The third kappa shape index (κ3) is 2.73. The molecule has 0 bridgehead atoms. The second-order valence-electron chi connectivity index (χ2n) is 3.19. The van der Waals surface area contributed by atoms with Crippen LogP contribution in [0, 0.1) is 0 Å². The van der Waals surface area contributed by atoms with Gasteiger partial charge in [0.25, 0.3) is 0 Å². The Hall–Kier alpha value is -1.21. The number of hydrogen-bond acceptors (Lipinski definition) is 3. The van der Waals surface area contributed by atoms with Gasteiger partial charge < -0.3 is 5.61 Å². The van der Waals surface area contributed by atoms with Crippen molar-refractivity contribution in [2.45, 2.75) is 4.90 Å². The van der Waals surface area contributed by atoms with E-state index >= 15 is 0 Å². The van der Waals surface area contributed by atoms with E-state index in [4.69, 9.17) is 0 Å². The zero-order valence-electron chi connectivity index (χ0n) is 10.5. The molecule has 0 aliphatic heterocycles. The van der Waals surface area contributed by atoms with E-state index in [1.54, 1.807) is 18.2 Å². The summed E-state index contributed by atoms with van der Waals surface area (Å²) in [5.74, 6) is 0. The van der Waals surface area contributed by atoms with Crippen LogP contribution in [0.25, 0.3) is 10.8 Å². The molecule has 0 saturated heterocycles. The maximum Gasteiger partial charge on any atom is 1.00 e. The van der Waals surface area contributed by atoms with Gasteiger partial charge in [-0.15, -0.1) is 0 Å². The molecule has 0 saturated carbocycles. The molecule has 2 aromatic rings. The van der Waals surface area contributed by atoms with Gasteiger partial charge >= 0.3 is 29.0 Å². The van der Waals surface area contributed by atoms with Gasteiger partial charge in [-0.2, -0.15) is 8.42 Å². The molecule has 2 aromatic carbocycles. The van der Waals surface area contributed by atoms with E-state index in [-0.39, 0.29) is 25.2 Å². The Balaban J connectivity index is 0.00000144. The number of rotatable bonds is 3. The molecule has 0 N–H and O–H groups in total. The molecular formula is C12H11LiO3S. The minimum atomic E-state index is -3.75. The smallest absolute Gasteiger partial charge is 1.00 e. The topological polar surface area (TPSA) is 43.4 Å². The Labute approximate surface area is 114 Å². The first-order valence-electron chi connectivity index (χ1n) is 4.67. The SMILES string of the molecule is C=COS(=O)(=O)c1cccc2ccccc12.[H-].[Li+]. The van der Waals surface area contributed by atoms with Crippen molar-refractivity contribution in [3.63, 3.8) is 0 Å². The van der Waals surface area contributed by atoms with Crippen LogP contribution in [0.4, 0.5) is 0 Å². The first kappa shape index (κ1) is 13.9. The molecule has 5 heteroatoms. The molecule has 2 rings (SSSR count). The van der Waals surface area contributed by atoms with Crippen molar-refractivity contribution in [2.75, 3.05) is 0 Å². The Morgan fingerprint density at radius 1 is 1.12 bits per heavy atom. The first-order valence-corrected chi connectivity index (χ1v) is 6.08. The fourth-order valence-electron chi connectivity index (χ4n) is 1.56. The van der Waals surface area contributed by atoms with Crippen molar-refractivity contribution in [3.05, 3.63) is 55.3 Å². The van der Waals surface area contributed by atoms with Crippen molar-refractivity contribution in [3.8, 4) is 0 Å². The van der Waals surface area contributed by atoms with Gasteiger partial charge in [0.2, 0.25) is 0 Å². The quantitative estimate of drug-likeness (QED) is 0.425. The van der Waals surface area contributed by atoms with Gasteiger partial charge in [-0.05, 0) is 11.5 Å². The molecule has 0 aliphatic rings. The normalized spacial score (nSPS) is 10.6. The molecule has 0 atom stereocenters. The Morgan fingerprint density at radius 2 is 1.76 bits per heavy atom. The van der Waals surface area contributed by atoms with E-state index in [1.165, 1.54) is 6.07 Å². The van der Waals surface area contributed by atoms with Gasteiger partial charge in [-0.25, -0.2) is 0 Å². The Morgan fingerprint density at radius 3 is 2.47 bits per heavy atom. The summed E-state index contributed by atoms with van der Waals surface area (Å²) in [6.45, 7) is 3.25. The van der Waals surface area contributed by atoms with Crippen LogP contribution in [0.3, 0.4) is 0 Å². The molecule has 0 aliphatic carbocycles. The van der Waals surface area contributed by atoms with Gasteiger partial charge in [0.05, 0.1) is 6.26 Å². The third-order valence-corrected chi connectivity index (χ3v) is 3.50. The Bertz CT molecular complexity index is 635. The van der Waals surface area contributed by atoms with Crippen LogP contribution in [-0.4, -0.2) is 8.42 Å². The second-order valence-corrected chi connectivity index (χ2v) is 4.73. The van der Waals surface area contributed by atoms with Gasteiger partial charge in [-0.3, -0.25) is 0 Å². The van der Waals surface area contributed by atoms with Crippen LogP contribution < -0.4 is 18.9 Å². The number of fused-ring (bicyclic) bond motifs is 1. The van der Waals surface area contributed by atoms with E-state index in [2.05, 4.69) is 10.8 Å². The van der Waals surface area contributed by atoms with Gasteiger partial charge in [0.15, 0.2) is 0 Å². The molecule has 0 spiro atoms. The van der Waals surface area contributed by atoms with E-state index < -0.39 is 10.1 Å². The fraction of sp³-hybridized carbons (Fsp3) is 0. The van der Waals surface area contributed by atoms with Crippen LogP contribution in [0.1, 0.15) is 1.43 Å². The largest absolute Gasteiger partial charge is 1.00 e. The molecule has 84 valence electrons. The second kappa shape index (κ2) is 5.41. The van der Waals surface area contributed by atoms with Crippen molar-refractivity contribution in [2.24, 2.45) is 0 Å². The molecule has 0 amide bonds. The average molecular weight is 242 g/mol. The van der Waals surface area contributed by atoms with E-state index in [0.717, 1.165) is 11.6 Å². The standard InChI is InChI=1S/C12H10O3S.Li.H/c1-2-15-16(13,14)12-9-5-7-10-6-3-4-8-11(10)12;;/h2-9H,1H2;;/q;+1;-1. The average Bonchev–Trinajstić information content (AvgIpc) is 2.28. The summed E-state index contributed by atoms with van der Waals surface area (Å²) < 4.78 is 28.1. The van der Waals surface area contributed by atoms with Crippen molar-refractivity contribution >= 4 is 20.9 Å². The van der Waals surface area contributed by atoms with Crippen molar-refractivity contribution in [1.82, 2.24) is 0 Å². The molecule has 0 heterocycles. The zero-order chi connectivity index (χ0) is 11.6. The fourth-order valence-corrected chi connectivity index (χ4v) is 2.54. The molecule has 0 aromatic heterocycles. The molecule has 0 radical (unpaired) electrons.